The Labute approximate surface area is 186 Å². The summed E-state index contributed by atoms with van der Waals surface area (Å²) in [4.78, 5) is 20.0. The van der Waals surface area contributed by atoms with E-state index in [1.165, 1.54) is 0 Å². The second-order valence-electron chi connectivity index (χ2n) is 8.06. The lowest BCUT2D eigenvalue weighted by atomic mass is 10.1. The van der Waals surface area contributed by atoms with Gasteiger partial charge in [0.15, 0.2) is 0 Å². The molecule has 4 rings (SSSR count). The molecule has 0 unspecified atom stereocenters. The topological polar surface area (TPSA) is 63.7 Å². The van der Waals surface area contributed by atoms with Gasteiger partial charge in [-0.2, -0.15) is 0 Å². The SMILES string of the molecule is CCCCCOc1cc(CN(C(=O)[C@H]2CNCCO2)C2CC2)nc2c(Br)cccc12. The first-order valence-electron chi connectivity index (χ1n) is 11.0. The largest absolute Gasteiger partial charge is 0.493 e. The van der Waals surface area contributed by atoms with Crippen LogP contribution in [0.15, 0.2) is 28.7 Å². The minimum Gasteiger partial charge on any atom is -0.493 e. The van der Waals surface area contributed by atoms with E-state index in [0.717, 1.165) is 65.5 Å². The van der Waals surface area contributed by atoms with Crippen LogP contribution in [0.1, 0.15) is 44.7 Å². The zero-order chi connectivity index (χ0) is 20.9. The summed E-state index contributed by atoms with van der Waals surface area (Å²) >= 11 is 3.63. The van der Waals surface area contributed by atoms with E-state index in [1.807, 2.05) is 29.2 Å². The molecule has 1 saturated carbocycles. The molecule has 1 aromatic heterocycles. The van der Waals surface area contributed by atoms with Gasteiger partial charge in [0, 0.05) is 35.1 Å². The average Bonchev–Trinajstić information content (AvgIpc) is 3.61. The van der Waals surface area contributed by atoms with Crippen LogP contribution in [0, 0.1) is 0 Å². The number of pyridine rings is 1. The van der Waals surface area contributed by atoms with E-state index in [4.69, 9.17) is 14.5 Å². The first-order valence-corrected chi connectivity index (χ1v) is 11.8. The second kappa shape index (κ2) is 10.1. The molecule has 2 aromatic rings. The molecule has 1 atom stereocenters. The number of benzene rings is 1. The maximum atomic E-state index is 13.1. The first kappa shape index (κ1) is 21.5. The van der Waals surface area contributed by atoms with Crippen molar-refractivity contribution in [2.45, 2.75) is 57.7 Å². The number of nitrogens with one attached hydrogen (secondary N) is 1. The number of rotatable bonds is 9. The van der Waals surface area contributed by atoms with Crippen molar-refractivity contribution in [2.24, 2.45) is 0 Å². The lowest BCUT2D eigenvalue weighted by Gasteiger charge is -2.30. The standard InChI is InChI=1S/C23H30BrN3O3/c1-2-3-4-11-29-20-13-16(26-22-18(20)6-5-7-19(22)24)15-27(17-8-9-17)23(28)21-14-25-10-12-30-21/h5-7,13,17,21,25H,2-4,8-12,14-15H2,1H3/t21-/m1/s1. The molecule has 0 radical (unpaired) electrons. The number of morpholine rings is 1. The molecule has 2 heterocycles. The fourth-order valence-electron chi connectivity index (χ4n) is 3.82. The number of aromatic nitrogens is 1. The fourth-order valence-corrected chi connectivity index (χ4v) is 4.28. The van der Waals surface area contributed by atoms with Crippen LogP contribution in [-0.2, 0) is 16.1 Å². The summed E-state index contributed by atoms with van der Waals surface area (Å²) in [6, 6.07) is 8.32. The van der Waals surface area contributed by atoms with Gasteiger partial charge < -0.3 is 19.7 Å². The third kappa shape index (κ3) is 5.13. The van der Waals surface area contributed by atoms with Crippen molar-refractivity contribution in [3.63, 3.8) is 0 Å². The van der Waals surface area contributed by atoms with Crippen LogP contribution in [0.25, 0.3) is 10.9 Å². The Bertz CT molecular complexity index is 881. The van der Waals surface area contributed by atoms with Crippen LogP contribution >= 0.6 is 15.9 Å². The number of carbonyl (C=O) groups excluding carboxylic acids is 1. The smallest absolute Gasteiger partial charge is 0.253 e. The predicted octanol–water partition coefficient (Wildman–Crippen LogP) is 4.05. The number of amides is 1. The molecule has 162 valence electrons. The van der Waals surface area contributed by atoms with Crippen LogP contribution in [0.3, 0.4) is 0 Å². The molecular formula is C23H30BrN3O3. The third-order valence-electron chi connectivity index (χ3n) is 5.62. The van der Waals surface area contributed by atoms with E-state index < -0.39 is 6.10 Å². The summed E-state index contributed by atoms with van der Waals surface area (Å²) in [5.74, 6) is 0.898. The van der Waals surface area contributed by atoms with Crippen molar-refractivity contribution < 1.29 is 14.3 Å². The Morgan fingerprint density at radius 1 is 1.37 bits per heavy atom. The van der Waals surface area contributed by atoms with Gasteiger partial charge >= 0.3 is 0 Å². The number of hydrogen-bond acceptors (Lipinski definition) is 5. The summed E-state index contributed by atoms with van der Waals surface area (Å²) < 4.78 is 12.8. The molecular weight excluding hydrogens is 446 g/mol. The molecule has 7 heteroatoms. The average molecular weight is 476 g/mol. The van der Waals surface area contributed by atoms with E-state index in [1.54, 1.807) is 0 Å². The maximum absolute atomic E-state index is 13.1. The maximum Gasteiger partial charge on any atom is 0.253 e. The van der Waals surface area contributed by atoms with Crippen molar-refractivity contribution in [1.29, 1.82) is 0 Å². The summed E-state index contributed by atoms with van der Waals surface area (Å²) in [5, 5.41) is 4.25. The molecule has 30 heavy (non-hydrogen) atoms. The van der Waals surface area contributed by atoms with Gasteiger partial charge in [-0.05, 0) is 47.3 Å². The Morgan fingerprint density at radius 3 is 2.97 bits per heavy atom. The zero-order valence-electron chi connectivity index (χ0n) is 17.5. The second-order valence-corrected chi connectivity index (χ2v) is 8.92. The van der Waals surface area contributed by atoms with Crippen LogP contribution in [0.2, 0.25) is 0 Å². The number of fused-ring (bicyclic) bond motifs is 1. The van der Waals surface area contributed by atoms with Gasteiger partial charge in [0.05, 0.1) is 31.0 Å². The molecule has 6 nitrogen and oxygen atoms in total. The Balaban J connectivity index is 1.58. The molecule has 1 N–H and O–H groups in total. The highest BCUT2D eigenvalue weighted by molar-refractivity contribution is 9.10. The Kier molecular flexibility index (Phi) is 7.23. The quantitative estimate of drug-likeness (QED) is 0.554. The number of carbonyl (C=O) groups is 1. The molecule has 0 bridgehead atoms. The molecule has 2 aliphatic rings. The van der Waals surface area contributed by atoms with E-state index in [-0.39, 0.29) is 11.9 Å². The van der Waals surface area contributed by atoms with Gasteiger partial charge in [-0.25, -0.2) is 4.98 Å². The number of ether oxygens (including phenoxy) is 2. The van der Waals surface area contributed by atoms with Gasteiger partial charge in [-0.15, -0.1) is 0 Å². The normalized spacial score (nSPS) is 19.1. The van der Waals surface area contributed by atoms with E-state index in [2.05, 4.69) is 28.2 Å². The molecule has 0 spiro atoms. The number of para-hydroxylation sites is 1. The molecule has 1 amide bonds. The van der Waals surface area contributed by atoms with E-state index in [0.29, 0.717) is 26.3 Å². The summed E-state index contributed by atoms with van der Waals surface area (Å²) in [5.41, 5.74) is 1.73. The van der Waals surface area contributed by atoms with Crippen LogP contribution in [0.4, 0.5) is 0 Å². The number of hydrogen-bond donors (Lipinski definition) is 1. The van der Waals surface area contributed by atoms with Crippen molar-refractivity contribution in [3.05, 3.63) is 34.4 Å². The van der Waals surface area contributed by atoms with Gasteiger partial charge in [0.1, 0.15) is 11.9 Å². The highest BCUT2D eigenvalue weighted by atomic mass is 79.9. The van der Waals surface area contributed by atoms with Crippen LogP contribution < -0.4 is 10.1 Å². The van der Waals surface area contributed by atoms with E-state index >= 15 is 0 Å². The first-order chi connectivity index (χ1) is 14.7. The molecule has 1 aromatic carbocycles. The molecule has 1 aliphatic heterocycles. The van der Waals surface area contributed by atoms with Crippen molar-refractivity contribution in [1.82, 2.24) is 15.2 Å². The molecule has 1 saturated heterocycles. The monoisotopic (exact) mass is 475 g/mol. The van der Waals surface area contributed by atoms with Gasteiger partial charge in [-0.1, -0.05) is 25.8 Å². The van der Waals surface area contributed by atoms with Gasteiger partial charge in [-0.3, -0.25) is 4.79 Å². The summed E-state index contributed by atoms with van der Waals surface area (Å²) in [6.45, 7) is 5.30. The van der Waals surface area contributed by atoms with E-state index in [9.17, 15) is 4.79 Å². The van der Waals surface area contributed by atoms with Crippen molar-refractivity contribution in [2.75, 3.05) is 26.3 Å². The van der Waals surface area contributed by atoms with Gasteiger partial charge in [0.2, 0.25) is 0 Å². The predicted molar refractivity (Wildman–Crippen MR) is 121 cm³/mol. The minimum atomic E-state index is -0.406. The lowest BCUT2D eigenvalue weighted by Crippen LogP contribution is -2.49. The highest BCUT2D eigenvalue weighted by Gasteiger charge is 2.37. The molecule has 1 aliphatic carbocycles. The lowest BCUT2D eigenvalue weighted by molar-refractivity contribution is -0.146. The fraction of sp³-hybridized carbons (Fsp3) is 0.565. The number of halogens is 1. The Morgan fingerprint density at radius 2 is 2.23 bits per heavy atom. The number of unbranched alkanes of at least 4 members (excludes halogenated alkanes) is 2. The molecule has 2 fully saturated rings. The summed E-state index contributed by atoms with van der Waals surface area (Å²) in [6.07, 6.45) is 5.03. The Hall–Kier alpha value is -1.70. The van der Waals surface area contributed by atoms with Crippen molar-refractivity contribution in [3.8, 4) is 5.75 Å². The van der Waals surface area contributed by atoms with Crippen LogP contribution in [-0.4, -0.2) is 54.2 Å². The zero-order valence-corrected chi connectivity index (χ0v) is 19.1. The summed E-state index contributed by atoms with van der Waals surface area (Å²) in [7, 11) is 0. The third-order valence-corrected chi connectivity index (χ3v) is 6.26. The highest BCUT2D eigenvalue weighted by Crippen LogP contribution is 2.33. The minimum absolute atomic E-state index is 0.0594. The van der Waals surface area contributed by atoms with Gasteiger partial charge in [0.25, 0.3) is 5.91 Å². The van der Waals surface area contributed by atoms with Crippen molar-refractivity contribution >= 4 is 32.7 Å². The number of nitrogens with zero attached hydrogens (tertiary/aromatic N) is 2. The van der Waals surface area contributed by atoms with Crippen LogP contribution in [0.5, 0.6) is 5.75 Å².